The van der Waals surface area contributed by atoms with Gasteiger partial charge in [-0.3, -0.25) is 4.79 Å². The van der Waals surface area contributed by atoms with Crippen molar-refractivity contribution in [2.45, 2.75) is 12.8 Å². The monoisotopic (exact) mass is 302 g/mol. The van der Waals surface area contributed by atoms with Crippen molar-refractivity contribution < 1.29 is 9.90 Å². The number of nitrogens with two attached hydrogens (primary N) is 1. The summed E-state index contributed by atoms with van der Waals surface area (Å²) in [7, 11) is 0. The normalized spacial score (nSPS) is 13.9. The number of anilines is 2. The Bertz CT molecular complexity index is 715. The van der Waals surface area contributed by atoms with Crippen LogP contribution in [0.25, 0.3) is 0 Å². The topological polar surface area (TPSA) is 66.6 Å². The molecule has 5 heteroatoms. The fourth-order valence-electron chi connectivity index (χ4n) is 2.62. The molecule has 0 radical (unpaired) electrons. The number of phenols is 1. The summed E-state index contributed by atoms with van der Waals surface area (Å²) in [6, 6.07) is 10.1. The van der Waals surface area contributed by atoms with Crippen LogP contribution in [0.3, 0.4) is 0 Å². The smallest absolute Gasteiger partial charge is 0.258 e. The minimum atomic E-state index is -0.123. The summed E-state index contributed by atoms with van der Waals surface area (Å²) in [5, 5.41) is 9.63. The fraction of sp³-hybridized carbons (Fsp3) is 0.188. The maximum atomic E-state index is 12.7. The molecule has 1 aliphatic heterocycles. The molecular formula is C16H15ClN2O2. The standard InChI is InChI=1S/C16H15ClN2O2/c17-13-9-11(3-6-15(13)20)16(21)19-7-1-2-10-8-12(18)4-5-14(10)19/h3-6,8-9,20H,1-2,7,18H2. The van der Waals surface area contributed by atoms with E-state index in [2.05, 4.69) is 0 Å². The molecule has 0 aromatic heterocycles. The second-order valence-corrected chi connectivity index (χ2v) is 5.52. The Labute approximate surface area is 127 Å². The molecule has 1 heterocycles. The molecule has 3 N–H and O–H groups in total. The predicted octanol–water partition coefficient (Wildman–Crippen LogP) is 3.22. The highest BCUT2D eigenvalue weighted by molar-refractivity contribution is 6.32. The molecule has 0 bridgehead atoms. The lowest BCUT2D eigenvalue weighted by Gasteiger charge is -2.29. The highest BCUT2D eigenvalue weighted by Gasteiger charge is 2.24. The van der Waals surface area contributed by atoms with Crippen LogP contribution >= 0.6 is 11.6 Å². The lowest BCUT2D eigenvalue weighted by Crippen LogP contribution is -2.35. The van der Waals surface area contributed by atoms with E-state index in [1.807, 2.05) is 12.1 Å². The van der Waals surface area contributed by atoms with Crippen LogP contribution in [0.2, 0.25) is 5.02 Å². The number of nitrogens with zero attached hydrogens (tertiary/aromatic N) is 1. The number of fused-ring (bicyclic) bond motifs is 1. The molecule has 2 aromatic carbocycles. The van der Waals surface area contributed by atoms with Gasteiger partial charge in [0.05, 0.1) is 5.02 Å². The number of aromatic hydroxyl groups is 1. The lowest BCUT2D eigenvalue weighted by molar-refractivity contribution is 0.0985. The second kappa shape index (κ2) is 5.30. The van der Waals surface area contributed by atoms with Gasteiger partial charge in [-0.1, -0.05) is 11.6 Å². The van der Waals surface area contributed by atoms with Gasteiger partial charge < -0.3 is 15.7 Å². The summed E-state index contributed by atoms with van der Waals surface area (Å²) in [6.45, 7) is 0.661. The number of nitrogen functional groups attached to an aromatic ring is 1. The average molecular weight is 303 g/mol. The summed E-state index contributed by atoms with van der Waals surface area (Å²) < 4.78 is 0. The van der Waals surface area contributed by atoms with E-state index in [0.29, 0.717) is 17.8 Å². The largest absolute Gasteiger partial charge is 0.506 e. The van der Waals surface area contributed by atoms with Gasteiger partial charge in [0.15, 0.2) is 0 Å². The Hall–Kier alpha value is -2.20. The number of amides is 1. The van der Waals surface area contributed by atoms with E-state index in [0.717, 1.165) is 24.1 Å². The van der Waals surface area contributed by atoms with Gasteiger partial charge in [-0.25, -0.2) is 0 Å². The highest BCUT2D eigenvalue weighted by atomic mass is 35.5. The third-order valence-corrected chi connectivity index (χ3v) is 3.96. The van der Waals surface area contributed by atoms with Gasteiger partial charge >= 0.3 is 0 Å². The Morgan fingerprint density at radius 2 is 2.05 bits per heavy atom. The van der Waals surface area contributed by atoms with Crippen molar-refractivity contribution in [3.05, 3.63) is 52.5 Å². The van der Waals surface area contributed by atoms with Crippen LogP contribution in [0.15, 0.2) is 36.4 Å². The quantitative estimate of drug-likeness (QED) is 0.795. The van der Waals surface area contributed by atoms with E-state index in [1.54, 1.807) is 17.0 Å². The number of rotatable bonds is 1. The van der Waals surface area contributed by atoms with Gasteiger partial charge in [-0.05, 0) is 54.8 Å². The molecule has 4 nitrogen and oxygen atoms in total. The van der Waals surface area contributed by atoms with Crippen LogP contribution in [-0.4, -0.2) is 17.6 Å². The number of phenolic OH excluding ortho intramolecular Hbond substituents is 1. The van der Waals surface area contributed by atoms with E-state index < -0.39 is 0 Å². The van der Waals surface area contributed by atoms with Gasteiger partial charge in [0, 0.05) is 23.5 Å². The van der Waals surface area contributed by atoms with E-state index >= 15 is 0 Å². The molecule has 2 aromatic rings. The van der Waals surface area contributed by atoms with E-state index in [4.69, 9.17) is 17.3 Å². The number of benzene rings is 2. The first kappa shape index (κ1) is 13.8. The zero-order valence-electron chi connectivity index (χ0n) is 11.3. The van der Waals surface area contributed by atoms with E-state index in [-0.39, 0.29) is 16.7 Å². The molecule has 0 spiro atoms. The number of halogens is 1. The Morgan fingerprint density at radius 3 is 2.81 bits per heavy atom. The molecule has 3 rings (SSSR count). The Morgan fingerprint density at radius 1 is 1.24 bits per heavy atom. The summed E-state index contributed by atoms with van der Waals surface area (Å²) in [6.07, 6.45) is 1.81. The average Bonchev–Trinajstić information content (AvgIpc) is 2.48. The van der Waals surface area contributed by atoms with Gasteiger partial charge in [-0.2, -0.15) is 0 Å². The predicted molar refractivity (Wildman–Crippen MR) is 84.0 cm³/mol. The lowest BCUT2D eigenvalue weighted by atomic mass is 10.00. The number of carbonyl (C=O) groups excluding carboxylic acids is 1. The Balaban J connectivity index is 1.98. The zero-order valence-corrected chi connectivity index (χ0v) is 12.1. The number of hydrogen-bond acceptors (Lipinski definition) is 3. The number of aryl methyl sites for hydroxylation is 1. The van der Waals surface area contributed by atoms with Gasteiger partial charge in [0.2, 0.25) is 0 Å². The molecule has 0 fully saturated rings. The first-order valence-electron chi connectivity index (χ1n) is 6.75. The maximum absolute atomic E-state index is 12.7. The summed E-state index contributed by atoms with van der Waals surface area (Å²) in [4.78, 5) is 14.4. The summed E-state index contributed by atoms with van der Waals surface area (Å²) >= 11 is 5.88. The molecule has 21 heavy (non-hydrogen) atoms. The van der Waals surface area contributed by atoms with Crippen molar-refractivity contribution >= 4 is 28.9 Å². The van der Waals surface area contributed by atoms with Gasteiger partial charge in [0.1, 0.15) is 5.75 Å². The molecule has 1 aliphatic rings. The molecule has 0 atom stereocenters. The highest BCUT2D eigenvalue weighted by Crippen LogP contribution is 2.31. The van der Waals surface area contributed by atoms with Crippen LogP contribution in [0.1, 0.15) is 22.3 Å². The van der Waals surface area contributed by atoms with Crippen molar-refractivity contribution in [1.82, 2.24) is 0 Å². The van der Waals surface area contributed by atoms with Crippen molar-refractivity contribution in [2.75, 3.05) is 17.2 Å². The van der Waals surface area contributed by atoms with E-state index in [1.165, 1.54) is 12.1 Å². The zero-order chi connectivity index (χ0) is 15.0. The Kier molecular flexibility index (Phi) is 3.47. The number of hydrogen-bond donors (Lipinski definition) is 2. The molecule has 108 valence electrons. The van der Waals surface area contributed by atoms with Crippen LogP contribution in [0.5, 0.6) is 5.75 Å². The summed E-state index contributed by atoms with van der Waals surface area (Å²) in [5.41, 5.74) is 8.94. The first-order chi connectivity index (χ1) is 10.1. The minimum Gasteiger partial charge on any atom is -0.506 e. The van der Waals surface area contributed by atoms with Crippen LogP contribution < -0.4 is 10.6 Å². The molecule has 1 amide bonds. The second-order valence-electron chi connectivity index (χ2n) is 5.11. The third kappa shape index (κ3) is 2.54. The third-order valence-electron chi connectivity index (χ3n) is 3.66. The van der Waals surface area contributed by atoms with Gasteiger partial charge in [-0.15, -0.1) is 0 Å². The summed E-state index contributed by atoms with van der Waals surface area (Å²) in [5.74, 6) is -0.150. The van der Waals surface area contributed by atoms with E-state index in [9.17, 15) is 9.90 Å². The molecule has 0 aliphatic carbocycles. The minimum absolute atomic E-state index is 0.0277. The SMILES string of the molecule is Nc1ccc2c(c1)CCCN2C(=O)c1ccc(O)c(Cl)c1. The molecule has 0 unspecified atom stereocenters. The molecule has 0 saturated heterocycles. The fourth-order valence-corrected chi connectivity index (χ4v) is 2.80. The van der Waals surface area contributed by atoms with Crippen LogP contribution in [-0.2, 0) is 6.42 Å². The van der Waals surface area contributed by atoms with Crippen molar-refractivity contribution in [3.63, 3.8) is 0 Å². The maximum Gasteiger partial charge on any atom is 0.258 e. The van der Waals surface area contributed by atoms with Crippen molar-refractivity contribution in [1.29, 1.82) is 0 Å². The van der Waals surface area contributed by atoms with Crippen LogP contribution in [0, 0.1) is 0 Å². The molecule has 0 saturated carbocycles. The van der Waals surface area contributed by atoms with Crippen molar-refractivity contribution in [2.24, 2.45) is 0 Å². The first-order valence-corrected chi connectivity index (χ1v) is 7.13. The number of carbonyl (C=O) groups is 1. The van der Waals surface area contributed by atoms with Crippen molar-refractivity contribution in [3.8, 4) is 5.75 Å². The van der Waals surface area contributed by atoms with Gasteiger partial charge in [0.25, 0.3) is 5.91 Å². The van der Waals surface area contributed by atoms with Crippen LogP contribution in [0.4, 0.5) is 11.4 Å². The molecular weight excluding hydrogens is 288 g/mol.